The van der Waals surface area contributed by atoms with Gasteiger partial charge >= 0.3 is 0 Å². The lowest BCUT2D eigenvalue weighted by atomic mass is 9.82. The van der Waals surface area contributed by atoms with Gasteiger partial charge < -0.3 is 5.11 Å². The first-order chi connectivity index (χ1) is 9.16. The standard InChI is InChI=1S/C16H19NOS/c1-10-9-14(19-11(10)2)16(18)13-7-3-5-12-6-4-8-17-15(12)13/h4,6,8-9,13,16,18H,3,5,7H2,1-2H3. The molecular formula is C16H19NOS. The van der Waals surface area contributed by atoms with E-state index in [2.05, 4.69) is 31.0 Å². The average molecular weight is 273 g/mol. The molecule has 2 aromatic heterocycles. The Balaban J connectivity index is 1.95. The highest BCUT2D eigenvalue weighted by atomic mass is 32.1. The van der Waals surface area contributed by atoms with Crippen LogP contribution >= 0.6 is 11.3 Å². The minimum absolute atomic E-state index is 0.155. The number of aromatic nitrogens is 1. The van der Waals surface area contributed by atoms with E-state index >= 15 is 0 Å². The third kappa shape index (κ3) is 2.33. The molecule has 1 aliphatic carbocycles. The van der Waals surface area contributed by atoms with Crippen molar-refractivity contribution >= 4 is 11.3 Å². The van der Waals surface area contributed by atoms with Crippen LogP contribution in [-0.4, -0.2) is 10.1 Å². The second-order valence-electron chi connectivity index (χ2n) is 5.38. The fourth-order valence-electron chi connectivity index (χ4n) is 2.90. The van der Waals surface area contributed by atoms with Gasteiger partial charge in [-0.3, -0.25) is 4.98 Å². The number of hydrogen-bond acceptors (Lipinski definition) is 3. The summed E-state index contributed by atoms with van der Waals surface area (Å²) in [6.07, 6.45) is 4.69. The van der Waals surface area contributed by atoms with E-state index in [9.17, 15) is 5.11 Å². The van der Waals surface area contributed by atoms with E-state index in [-0.39, 0.29) is 5.92 Å². The molecule has 0 aliphatic heterocycles. The van der Waals surface area contributed by atoms with Crippen molar-refractivity contribution < 1.29 is 5.11 Å². The number of aliphatic hydroxyl groups excluding tert-OH is 1. The van der Waals surface area contributed by atoms with Gasteiger partial charge in [-0.2, -0.15) is 0 Å². The Morgan fingerprint density at radius 2 is 2.26 bits per heavy atom. The van der Waals surface area contributed by atoms with Gasteiger partial charge in [0.25, 0.3) is 0 Å². The van der Waals surface area contributed by atoms with Crippen molar-refractivity contribution in [3.05, 3.63) is 51.0 Å². The Labute approximate surface area is 118 Å². The van der Waals surface area contributed by atoms with E-state index in [4.69, 9.17) is 0 Å². The Morgan fingerprint density at radius 1 is 1.42 bits per heavy atom. The zero-order chi connectivity index (χ0) is 13.4. The lowest BCUT2D eigenvalue weighted by Gasteiger charge is -2.27. The fourth-order valence-corrected chi connectivity index (χ4v) is 3.99. The van der Waals surface area contributed by atoms with Gasteiger partial charge in [-0.25, -0.2) is 0 Å². The fraction of sp³-hybridized carbons (Fsp3) is 0.438. The molecule has 2 heterocycles. The van der Waals surface area contributed by atoms with Gasteiger partial charge in [0.15, 0.2) is 0 Å². The van der Waals surface area contributed by atoms with E-state index < -0.39 is 6.10 Å². The number of hydrogen-bond donors (Lipinski definition) is 1. The van der Waals surface area contributed by atoms with E-state index in [1.165, 1.54) is 16.0 Å². The maximum absolute atomic E-state index is 10.7. The Morgan fingerprint density at radius 3 is 3.00 bits per heavy atom. The first-order valence-electron chi connectivity index (χ1n) is 6.85. The Kier molecular flexibility index (Phi) is 3.42. The van der Waals surface area contributed by atoms with Crippen LogP contribution in [0.1, 0.15) is 51.4 Å². The molecule has 2 atom stereocenters. The van der Waals surface area contributed by atoms with Crippen LogP contribution in [0.4, 0.5) is 0 Å². The highest BCUT2D eigenvalue weighted by Crippen LogP contribution is 2.41. The van der Waals surface area contributed by atoms with Gasteiger partial charge in [0.1, 0.15) is 0 Å². The third-order valence-electron chi connectivity index (χ3n) is 4.10. The SMILES string of the molecule is Cc1cc(C(O)C2CCCc3cccnc32)sc1C. The summed E-state index contributed by atoms with van der Waals surface area (Å²) in [6.45, 7) is 4.22. The van der Waals surface area contributed by atoms with Crippen molar-refractivity contribution in [2.24, 2.45) is 0 Å². The molecule has 0 saturated heterocycles. The molecule has 0 saturated carbocycles. The number of thiophene rings is 1. The van der Waals surface area contributed by atoms with E-state index in [1.54, 1.807) is 11.3 Å². The predicted molar refractivity (Wildman–Crippen MR) is 78.7 cm³/mol. The molecule has 0 aromatic carbocycles. The summed E-state index contributed by atoms with van der Waals surface area (Å²) in [5, 5.41) is 10.7. The summed E-state index contributed by atoms with van der Waals surface area (Å²) in [4.78, 5) is 6.90. The van der Waals surface area contributed by atoms with Crippen LogP contribution in [0.5, 0.6) is 0 Å². The molecule has 2 aromatic rings. The van der Waals surface area contributed by atoms with Crippen LogP contribution in [0, 0.1) is 13.8 Å². The number of aryl methyl sites for hydroxylation is 3. The third-order valence-corrected chi connectivity index (χ3v) is 5.32. The second-order valence-corrected chi connectivity index (χ2v) is 6.67. The first kappa shape index (κ1) is 12.8. The minimum atomic E-state index is -0.411. The van der Waals surface area contributed by atoms with Crippen LogP contribution < -0.4 is 0 Å². The quantitative estimate of drug-likeness (QED) is 0.899. The maximum atomic E-state index is 10.7. The number of aliphatic hydroxyl groups is 1. The van der Waals surface area contributed by atoms with Crippen molar-refractivity contribution in [2.45, 2.75) is 45.1 Å². The molecule has 1 N–H and O–H groups in total. The van der Waals surface area contributed by atoms with E-state index in [1.807, 2.05) is 12.3 Å². The molecule has 0 amide bonds. The normalized spacial score (nSPS) is 20.1. The molecule has 2 nitrogen and oxygen atoms in total. The van der Waals surface area contributed by atoms with Crippen LogP contribution in [0.15, 0.2) is 24.4 Å². The van der Waals surface area contributed by atoms with Gasteiger partial charge in [0, 0.05) is 27.6 Å². The highest BCUT2D eigenvalue weighted by molar-refractivity contribution is 7.12. The number of nitrogens with zero attached hydrogens (tertiary/aromatic N) is 1. The lowest BCUT2D eigenvalue weighted by molar-refractivity contribution is 0.137. The molecule has 0 spiro atoms. The van der Waals surface area contributed by atoms with Crippen molar-refractivity contribution in [1.82, 2.24) is 4.98 Å². The molecule has 1 aliphatic rings. The largest absolute Gasteiger partial charge is 0.387 e. The van der Waals surface area contributed by atoms with Crippen molar-refractivity contribution in [3.63, 3.8) is 0 Å². The first-order valence-corrected chi connectivity index (χ1v) is 7.67. The van der Waals surface area contributed by atoms with Crippen molar-refractivity contribution in [2.75, 3.05) is 0 Å². The van der Waals surface area contributed by atoms with Crippen LogP contribution in [0.2, 0.25) is 0 Å². The lowest BCUT2D eigenvalue weighted by Crippen LogP contribution is -2.18. The van der Waals surface area contributed by atoms with Crippen molar-refractivity contribution in [1.29, 1.82) is 0 Å². The van der Waals surface area contributed by atoms with Crippen LogP contribution in [-0.2, 0) is 6.42 Å². The van der Waals surface area contributed by atoms with Crippen molar-refractivity contribution in [3.8, 4) is 0 Å². The topological polar surface area (TPSA) is 33.1 Å². The molecule has 3 heteroatoms. The van der Waals surface area contributed by atoms with E-state index in [0.29, 0.717) is 0 Å². The highest BCUT2D eigenvalue weighted by Gasteiger charge is 2.29. The average Bonchev–Trinajstić information content (AvgIpc) is 2.77. The smallest absolute Gasteiger partial charge is 0.0965 e. The summed E-state index contributed by atoms with van der Waals surface area (Å²) >= 11 is 1.71. The van der Waals surface area contributed by atoms with Crippen LogP contribution in [0.25, 0.3) is 0 Å². The molecular weight excluding hydrogens is 254 g/mol. The maximum Gasteiger partial charge on any atom is 0.0965 e. The zero-order valence-corrected chi connectivity index (χ0v) is 12.2. The van der Waals surface area contributed by atoms with E-state index in [0.717, 1.165) is 29.8 Å². The molecule has 0 bridgehead atoms. The molecule has 19 heavy (non-hydrogen) atoms. The van der Waals surface area contributed by atoms with Gasteiger partial charge in [0.2, 0.25) is 0 Å². The summed E-state index contributed by atoms with van der Waals surface area (Å²) in [6, 6.07) is 6.26. The summed E-state index contributed by atoms with van der Waals surface area (Å²) in [5.41, 5.74) is 3.68. The van der Waals surface area contributed by atoms with Gasteiger partial charge in [-0.05, 0) is 56.4 Å². The number of pyridine rings is 1. The summed E-state index contributed by atoms with van der Waals surface area (Å²) in [5.74, 6) is 0.155. The Bertz CT molecular complexity index is 571. The van der Waals surface area contributed by atoms with Crippen LogP contribution in [0.3, 0.4) is 0 Å². The molecule has 100 valence electrons. The molecule has 0 fully saturated rings. The second kappa shape index (κ2) is 5.06. The number of rotatable bonds is 2. The van der Waals surface area contributed by atoms with Gasteiger partial charge in [-0.15, -0.1) is 11.3 Å². The molecule has 3 rings (SSSR count). The zero-order valence-electron chi connectivity index (χ0n) is 11.4. The van der Waals surface area contributed by atoms with Gasteiger partial charge in [-0.1, -0.05) is 6.07 Å². The summed E-state index contributed by atoms with van der Waals surface area (Å²) in [7, 11) is 0. The number of fused-ring (bicyclic) bond motifs is 1. The van der Waals surface area contributed by atoms with Gasteiger partial charge in [0.05, 0.1) is 6.10 Å². The molecule has 0 radical (unpaired) electrons. The monoisotopic (exact) mass is 273 g/mol. The minimum Gasteiger partial charge on any atom is -0.387 e. The Hall–Kier alpha value is -1.19. The molecule has 2 unspecified atom stereocenters. The predicted octanol–water partition coefficient (Wildman–Crippen LogP) is 3.91. The summed E-state index contributed by atoms with van der Waals surface area (Å²) < 4.78 is 0.